The summed E-state index contributed by atoms with van der Waals surface area (Å²) in [6.45, 7) is 1.77. The van der Waals surface area contributed by atoms with E-state index in [0.717, 1.165) is 16.8 Å². The molecule has 0 spiro atoms. The highest BCUT2D eigenvalue weighted by Crippen LogP contribution is 2.19. The summed E-state index contributed by atoms with van der Waals surface area (Å²) >= 11 is 0. The van der Waals surface area contributed by atoms with E-state index >= 15 is 0 Å². The van der Waals surface area contributed by atoms with Gasteiger partial charge in [0.15, 0.2) is 5.89 Å². The Balaban J connectivity index is 2.32. The van der Waals surface area contributed by atoms with Crippen molar-refractivity contribution in [3.63, 3.8) is 0 Å². The number of hydrogen-bond acceptors (Lipinski definition) is 3. The summed E-state index contributed by atoms with van der Waals surface area (Å²) in [6.07, 6.45) is 1.58. The van der Waals surface area contributed by atoms with E-state index < -0.39 is 5.97 Å². The Bertz CT molecular complexity index is 516. The standard InChI is InChI=1S/C12H11NO3/c1-8-13-11(7-16-8)10-4-2-3-9(5-10)6-12(14)15/h2-5,7H,6H2,1H3,(H,14,15). The van der Waals surface area contributed by atoms with Crippen LogP contribution in [-0.4, -0.2) is 16.1 Å². The van der Waals surface area contributed by atoms with E-state index in [1.807, 2.05) is 18.2 Å². The van der Waals surface area contributed by atoms with E-state index in [4.69, 9.17) is 9.52 Å². The Kier molecular flexibility index (Phi) is 2.72. The Hall–Kier alpha value is -2.10. The minimum Gasteiger partial charge on any atom is -0.481 e. The third kappa shape index (κ3) is 2.28. The average Bonchev–Trinajstić information content (AvgIpc) is 2.64. The van der Waals surface area contributed by atoms with Crippen molar-refractivity contribution in [3.8, 4) is 11.3 Å². The van der Waals surface area contributed by atoms with Crippen molar-refractivity contribution in [2.45, 2.75) is 13.3 Å². The molecular weight excluding hydrogens is 206 g/mol. The van der Waals surface area contributed by atoms with E-state index in [1.165, 1.54) is 0 Å². The van der Waals surface area contributed by atoms with Gasteiger partial charge < -0.3 is 9.52 Å². The van der Waals surface area contributed by atoms with Crippen LogP contribution in [0, 0.1) is 6.92 Å². The predicted molar refractivity (Wildman–Crippen MR) is 58.0 cm³/mol. The van der Waals surface area contributed by atoms with E-state index in [0.29, 0.717) is 5.89 Å². The summed E-state index contributed by atoms with van der Waals surface area (Å²) in [5.74, 6) is -0.243. The van der Waals surface area contributed by atoms with Crippen LogP contribution in [0.25, 0.3) is 11.3 Å². The maximum Gasteiger partial charge on any atom is 0.307 e. The molecular formula is C12H11NO3. The molecule has 0 saturated heterocycles. The number of hydrogen-bond donors (Lipinski definition) is 1. The molecule has 0 unspecified atom stereocenters. The Morgan fingerprint density at radius 1 is 1.50 bits per heavy atom. The zero-order chi connectivity index (χ0) is 11.5. The number of carboxylic acids is 1. The SMILES string of the molecule is Cc1nc(-c2cccc(CC(=O)O)c2)co1. The van der Waals surface area contributed by atoms with Gasteiger partial charge >= 0.3 is 5.97 Å². The zero-order valence-corrected chi connectivity index (χ0v) is 8.80. The van der Waals surface area contributed by atoms with Crippen molar-refractivity contribution in [2.24, 2.45) is 0 Å². The van der Waals surface area contributed by atoms with Crippen LogP contribution in [0.4, 0.5) is 0 Å². The first kappa shape index (κ1) is 10.4. The van der Waals surface area contributed by atoms with Gasteiger partial charge in [-0.25, -0.2) is 4.98 Å². The molecule has 0 radical (unpaired) electrons. The summed E-state index contributed by atoms with van der Waals surface area (Å²) < 4.78 is 5.11. The van der Waals surface area contributed by atoms with Gasteiger partial charge in [-0.05, 0) is 11.6 Å². The molecule has 0 saturated carbocycles. The van der Waals surface area contributed by atoms with E-state index in [-0.39, 0.29) is 6.42 Å². The molecule has 1 aromatic carbocycles. The predicted octanol–water partition coefficient (Wildman–Crippen LogP) is 2.28. The molecule has 2 aromatic rings. The van der Waals surface area contributed by atoms with Gasteiger partial charge in [0.2, 0.25) is 0 Å². The van der Waals surface area contributed by atoms with Gasteiger partial charge in [-0.1, -0.05) is 18.2 Å². The fraction of sp³-hybridized carbons (Fsp3) is 0.167. The number of aliphatic carboxylic acids is 1. The molecule has 1 heterocycles. The zero-order valence-electron chi connectivity index (χ0n) is 8.80. The lowest BCUT2D eigenvalue weighted by Gasteiger charge is -1.99. The molecule has 0 aliphatic heterocycles. The summed E-state index contributed by atoms with van der Waals surface area (Å²) in [5, 5.41) is 8.70. The van der Waals surface area contributed by atoms with Crippen LogP contribution in [0.15, 0.2) is 34.9 Å². The molecule has 0 atom stereocenters. The third-order valence-electron chi connectivity index (χ3n) is 2.20. The van der Waals surface area contributed by atoms with E-state index in [1.54, 1.807) is 19.3 Å². The highest BCUT2D eigenvalue weighted by atomic mass is 16.4. The minimum absolute atomic E-state index is 0.0185. The fourth-order valence-corrected chi connectivity index (χ4v) is 1.51. The number of rotatable bonds is 3. The second-order valence-corrected chi connectivity index (χ2v) is 3.52. The number of oxazole rings is 1. The Morgan fingerprint density at radius 2 is 2.31 bits per heavy atom. The maximum atomic E-state index is 10.6. The van der Waals surface area contributed by atoms with Gasteiger partial charge in [-0.3, -0.25) is 4.79 Å². The van der Waals surface area contributed by atoms with E-state index in [9.17, 15) is 4.79 Å². The molecule has 1 aromatic heterocycles. The van der Waals surface area contributed by atoms with Crippen LogP contribution in [0.3, 0.4) is 0 Å². The molecule has 4 heteroatoms. The quantitative estimate of drug-likeness (QED) is 0.856. The second kappa shape index (κ2) is 4.18. The fourth-order valence-electron chi connectivity index (χ4n) is 1.51. The Morgan fingerprint density at radius 3 is 2.94 bits per heavy atom. The lowest BCUT2D eigenvalue weighted by Crippen LogP contribution is -1.99. The third-order valence-corrected chi connectivity index (χ3v) is 2.20. The Labute approximate surface area is 92.6 Å². The lowest BCUT2D eigenvalue weighted by molar-refractivity contribution is -0.136. The van der Waals surface area contributed by atoms with Gasteiger partial charge in [0.1, 0.15) is 12.0 Å². The molecule has 0 aliphatic rings. The molecule has 16 heavy (non-hydrogen) atoms. The number of carbonyl (C=O) groups is 1. The van der Waals surface area contributed by atoms with Crippen LogP contribution in [0.2, 0.25) is 0 Å². The van der Waals surface area contributed by atoms with Crippen molar-refractivity contribution in [2.75, 3.05) is 0 Å². The monoisotopic (exact) mass is 217 g/mol. The molecule has 2 rings (SSSR count). The first-order valence-electron chi connectivity index (χ1n) is 4.88. The first-order valence-corrected chi connectivity index (χ1v) is 4.88. The van der Waals surface area contributed by atoms with Crippen LogP contribution in [0.1, 0.15) is 11.5 Å². The molecule has 82 valence electrons. The van der Waals surface area contributed by atoms with Gasteiger partial charge in [0.05, 0.1) is 6.42 Å². The van der Waals surface area contributed by atoms with Crippen molar-refractivity contribution < 1.29 is 14.3 Å². The first-order chi connectivity index (χ1) is 7.65. The number of carboxylic acid groups (broad SMARTS) is 1. The number of aromatic nitrogens is 1. The molecule has 0 aliphatic carbocycles. The van der Waals surface area contributed by atoms with Gasteiger partial charge in [0.25, 0.3) is 0 Å². The van der Waals surface area contributed by atoms with Crippen molar-refractivity contribution in [1.82, 2.24) is 4.98 Å². The summed E-state index contributed by atoms with van der Waals surface area (Å²) in [7, 11) is 0. The highest BCUT2D eigenvalue weighted by Gasteiger charge is 2.05. The van der Waals surface area contributed by atoms with Crippen molar-refractivity contribution >= 4 is 5.97 Å². The highest BCUT2D eigenvalue weighted by molar-refractivity contribution is 5.71. The van der Waals surface area contributed by atoms with Crippen LogP contribution in [0.5, 0.6) is 0 Å². The van der Waals surface area contributed by atoms with E-state index in [2.05, 4.69) is 4.98 Å². The largest absolute Gasteiger partial charge is 0.481 e. The smallest absolute Gasteiger partial charge is 0.307 e. The normalized spacial score (nSPS) is 10.3. The lowest BCUT2D eigenvalue weighted by atomic mass is 10.1. The number of nitrogens with zero attached hydrogens (tertiary/aromatic N) is 1. The van der Waals surface area contributed by atoms with Gasteiger partial charge in [-0.2, -0.15) is 0 Å². The number of benzene rings is 1. The summed E-state index contributed by atoms with van der Waals surface area (Å²) in [5.41, 5.74) is 2.35. The van der Waals surface area contributed by atoms with Crippen LogP contribution in [-0.2, 0) is 11.2 Å². The van der Waals surface area contributed by atoms with Crippen molar-refractivity contribution in [1.29, 1.82) is 0 Å². The molecule has 0 amide bonds. The van der Waals surface area contributed by atoms with Crippen LogP contribution < -0.4 is 0 Å². The topological polar surface area (TPSA) is 63.3 Å². The molecule has 0 bridgehead atoms. The molecule has 0 fully saturated rings. The molecule has 4 nitrogen and oxygen atoms in total. The summed E-state index contributed by atoms with van der Waals surface area (Å²) in [4.78, 5) is 14.8. The molecule has 1 N–H and O–H groups in total. The van der Waals surface area contributed by atoms with Crippen LogP contribution >= 0.6 is 0 Å². The summed E-state index contributed by atoms with van der Waals surface area (Å²) in [6, 6.07) is 7.29. The maximum absolute atomic E-state index is 10.6. The average molecular weight is 217 g/mol. The van der Waals surface area contributed by atoms with Gasteiger partial charge in [0, 0.05) is 12.5 Å². The number of aryl methyl sites for hydroxylation is 1. The van der Waals surface area contributed by atoms with Gasteiger partial charge in [-0.15, -0.1) is 0 Å². The second-order valence-electron chi connectivity index (χ2n) is 3.52. The van der Waals surface area contributed by atoms with Crippen molar-refractivity contribution in [3.05, 3.63) is 42.0 Å². The minimum atomic E-state index is -0.839.